The van der Waals surface area contributed by atoms with Crippen molar-refractivity contribution in [1.29, 1.82) is 0 Å². The number of hydrogen-bond acceptors (Lipinski definition) is 6. The van der Waals surface area contributed by atoms with Crippen molar-refractivity contribution in [3.8, 4) is 5.75 Å². The summed E-state index contributed by atoms with van der Waals surface area (Å²) in [5.74, 6) is -2.04. The van der Waals surface area contributed by atoms with Gasteiger partial charge in [0.25, 0.3) is 0 Å². The van der Waals surface area contributed by atoms with Crippen LogP contribution in [0, 0.1) is 11.8 Å². The standard InChI is InChI=1S/C20H32BNO6/c1-5-9-28-16-8-6-7-15(11-16)18(24)12-17(14(4)23)20(25)22-19(21(26)27)10-13(2)3/h6-8,11,13-14,17,19,23,26-27H,5,9-10,12H2,1-4H3,(H,22,25)/t14-,17+,19+/m1/s1. The zero-order valence-electron chi connectivity index (χ0n) is 17.1. The van der Waals surface area contributed by atoms with Gasteiger partial charge in [0.15, 0.2) is 5.78 Å². The van der Waals surface area contributed by atoms with E-state index in [1.807, 2.05) is 20.8 Å². The summed E-state index contributed by atoms with van der Waals surface area (Å²) in [5.41, 5.74) is 0.396. The minimum absolute atomic E-state index is 0.129. The number of ketones is 1. The number of hydrogen-bond donors (Lipinski definition) is 4. The number of rotatable bonds is 12. The van der Waals surface area contributed by atoms with Crippen molar-refractivity contribution in [3.63, 3.8) is 0 Å². The number of carbonyl (C=O) groups is 2. The zero-order chi connectivity index (χ0) is 21.3. The molecule has 156 valence electrons. The molecular formula is C20H32BNO6. The topological polar surface area (TPSA) is 116 Å². The van der Waals surface area contributed by atoms with Crippen molar-refractivity contribution < 1.29 is 29.5 Å². The third-order valence-electron chi connectivity index (χ3n) is 4.37. The van der Waals surface area contributed by atoms with Gasteiger partial charge in [-0.2, -0.15) is 0 Å². The molecule has 0 aliphatic heterocycles. The molecule has 0 aliphatic carbocycles. The highest BCUT2D eigenvalue weighted by Gasteiger charge is 2.32. The van der Waals surface area contributed by atoms with Crippen LogP contribution in [0.2, 0.25) is 0 Å². The Hall–Kier alpha value is -1.90. The first-order chi connectivity index (χ1) is 13.1. The van der Waals surface area contributed by atoms with E-state index in [0.29, 0.717) is 24.3 Å². The molecule has 1 amide bonds. The highest BCUT2D eigenvalue weighted by Crippen LogP contribution is 2.19. The van der Waals surface area contributed by atoms with Crippen LogP contribution in [0.15, 0.2) is 24.3 Å². The number of amides is 1. The molecule has 0 aliphatic rings. The van der Waals surface area contributed by atoms with Crippen molar-refractivity contribution in [1.82, 2.24) is 5.32 Å². The normalized spacial score (nSPS) is 14.3. The van der Waals surface area contributed by atoms with Crippen molar-refractivity contribution in [2.75, 3.05) is 6.61 Å². The molecule has 0 saturated carbocycles. The summed E-state index contributed by atoms with van der Waals surface area (Å²) < 4.78 is 5.53. The highest BCUT2D eigenvalue weighted by molar-refractivity contribution is 6.43. The molecule has 28 heavy (non-hydrogen) atoms. The van der Waals surface area contributed by atoms with E-state index in [9.17, 15) is 24.7 Å². The second-order valence-electron chi connectivity index (χ2n) is 7.51. The van der Waals surface area contributed by atoms with E-state index >= 15 is 0 Å². The van der Waals surface area contributed by atoms with E-state index in [2.05, 4.69) is 5.32 Å². The monoisotopic (exact) mass is 393 g/mol. The van der Waals surface area contributed by atoms with Gasteiger partial charge in [0.05, 0.1) is 24.6 Å². The van der Waals surface area contributed by atoms with Crippen molar-refractivity contribution in [3.05, 3.63) is 29.8 Å². The largest absolute Gasteiger partial charge is 0.494 e. The maximum atomic E-state index is 12.6. The Kier molecular flexibility index (Phi) is 10.2. The second-order valence-corrected chi connectivity index (χ2v) is 7.51. The maximum absolute atomic E-state index is 12.6. The summed E-state index contributed by atoms with van der Waals surface area (Å²) in [5, 5.41) is 31.5. The van der Waals surface area contributed by atoms with E-state index in [-0.39, 0.29) is 18.1 Å². The summed E-state index contributed by atoms with van der Waals surface area (Å²) >= 11 is 0. The molecule has 4 N–H and O–H groups in total. The van der Waals surface area contributed by atoms with Crippen LogP contribution in [0.3, 0.4) is 0 Å². The predicted octanol–water partition coefficient (Wildman–Crippen LogP) is 1.59. The lowest BCUT2D eigenvalue weighted by Gasteiger charge is -2.24. The van der Waals surface area contributed by atoms with Crippen LogP contribution in [0.25, 0.3) is 0 Å². The van der Waals surface area contributed by atoms with Crippen LogP contribution in [0.4, 0.5) is 0 Å². The molecule has 0 radical (unpaired) electrons. The van der Waals surface area contributed by atoms with Crippen LogP contribution in [-0.2, 0) is 4.79 Å². The van der Waals surface area contributed by atoms with E-state index in [1.165, 1.54) is 6.92 Å². The molecule has 0 unspecified atom stereocenters. The third-order valence-corrected chi connectivity index (χ3v) is 4.37. The molecule has 1 aromatic rings. The van der Waals surface area contributed by atoms with Gasteiger partial charge in [-0.3, -0.25) is 9.59 Å². The molecular weight excluding hydrogens is 361 g/mol. The Morgan fingerprint density at radius 2 is 1.89 bits per heavy atom. The summed E-state index contributed by atoms with van der Waals surface area (Å²) in [6.45, 7) is 7.74. The van der Waals surface area contributed by atoms with Crippen molar-refractivity contribution >= 4 is 18.8 Å². The van der Waals surface area contributed by atoms with Gasteiger partial charge in [-0.05, 0) is 37.8 Å². The number of Topliss-reactive ketones (excluding diaryl/α,β-unsaturated/α-hetero) is 1. The van der Waals surface area contributed by atoms with Crippen LogP contribution in [0.5, 0.6) is 5.75 Å². The summed E-state index contributed by atoms with van der Waals surface area (Å²) in [6, 6.07) is 6.71. The summed E-state index contributed by atoms with van der Waals surface area (Å²) in [7, 11) is -1.72. The minimum atomic E-state index is -1.72. The molecule has 0 bridgehead atoms. The van der Waals surface area contributed by atoms with Gasteiger partial charge in [0, 0.05) is 12.0 Å². The number of aliphatic hydroxyl groups excluding tert-OH is 1. The lowest BCUT2D eigenvalue weighted by Crippen LogP contribution is -2.50. The van der Waals surface area contributed by atoms with Crippen LogP contribution in [0.1, 0.15) is 57.3 Å². The number of ether oxygens (including phenoxy) is 1. The van der Waals surface area contributed by atoms with Crippen molar-refractivity contribution in [2.45, 2.75) is 59.0 Å². The Morgan fingerprint density at radius 1 is 1.21 bits per heavy atom. The Balaban J connectivity index is 2.85. The molecule has 0 heterocycles. The van der Waals surface area contributed by atoms with Gasteiger partial charge < -0.3 is 25.2 Å². The molecule has 7 nitrogen and oxygen atoms in total. The molecule has 8 heteroatoms. The SMILES string of the molecule is CCCOc1cccc(C(=O)C[C@H](C(=O)N[C@@H](CC(C)C)B(O)O)[C@@H](C)O)c1. The molecule has 0 spiro atoms. The van der Waals surface area contributed by atoms with Gasteiger partial charge in [-0.25, -0.2) is 0 Å². The average molecular weight is 393 g/mol. The lowest BCUT2D eigenvalue weighted by molar-refractivity contribution is -0.128. The second kappa shape index (κ2) is 11.8. The van der Waals surface area contributed by atoms with Gasteiger partial charge in [0.1, 0.15) is 5.75 Å². The highest BCUT2D eigenvalue weighted by atomic mass is 16.5. The Labute approximate surface area is 167 Å². The summed E-state index contributed by atoms with van der Waals surface area (Å²) in [6.07, 6.45) is -0.0624. The van der Waals surface area contributed by atoms with Crippen LogP contribution in [-0.4, -0.2) is 52.6 Å². The van der Waals surface area contributed by atoms with Gasteiger partial charge in [0.2, 0.25) is 5.91 Å². The first-order valence-corrected chi connectivity index (χ1v) is 9.76. The number of benzene rings is 1. The summed E-state index contributed by atoms with van der Waals surface area (Å²) in [4.78, 5) is 25.2. The number of nitrogens with one attached hydrogen (secondary N) is 1. The molecule has 0 aromatic heterocycles. The predicted molar refractivity (Wildman–Crippen MR) is 108 cm³/mol. The van der Waals surface area contributed by atoms with Crippen molar-refractivity contribution in [2.24, 2.45) is 11.8 Å². The van der Waals surface area contributed by atoms with Gasteiger partial charge >= 0.3 is 7.12 Å². The minimum Gasteiger partial charge on any atom is -0.494 e. The molecule has 0 fully saturated rings. The molecule has 1 aromatic carbocycles. The fourth-order valence-electron chi connectivity index (χ4n) is 2.83. The first-order valence-electron chi connectivity index (χ1n) is 9.76. The fraction of sp³-hybridized carbons (Fsp3) is 0.600. The lowest BCUT2D eigenvalue weighted by atomic mass is 9.74. The first kappa shape index (κ1) is 24.1. The Bertz CT molecular complexity index is 635. The van der Waals surface area contributed by atoms with E-state index in [4.69, 9.17) is 4.74 Å². The zero-order valence-corrected chi connectivity index (χ0v) is 17.1. The number of carbonyl (C=O) groups excluding carboxylic acids is 2. The molecule has 0 saturated heterocycles. The van der Waals surface area contributed by atoms with E-state index in [1.54, 1.807) is 24.3 Å². The quantitative estimate of drug-likeness (QED) is 0.317. The van der Waals surface area contributed by atoms with Crippen LogP contribution >= 0.6 is 0 Å². The third kappa shape index (κ3) is 8.00. The average Bonchev–Trinajstić information content (AvgIpc) is 2.63. The maximum Gasteiger partial charge on any atom is 0.475 e. The Morgan fingerprint density at radius 3 is 2.43 bits per heavy atom. The van der Waals surface area contributed by atoms with Gasteiger partial charge in [-0.1, -0.05) is 32.9 Å². The van der Waals surface area contributed by atoms with Gasteiger partial charge in [-0.15, -0.1) is 0 Å². The van der Waals surface area contributed by atoms with E-state index in [0.717, 1.165) is 6.42 Å². The molecule has 3 atom stereocenters. The van der Waals surface area contributed by atoms with Crippen LogP contribution < -0.4 is 10.1 Å². The van der Waals surface area contributed by atoms with E-state index < -0.39 is 31.0 Å². The smallest absolute Gasteiger partial charge is 0.475 e. The molecule has 1 rings (SSSR count). The fourth-order valence-corrected chi connectivity index (χ4v) is 2.83. The number of aliphatic hydroxyl groups is 1.